The van der Waals surface area contributed by atoms with Crippen LogP contribution in [-0.2, 0) is 18.2 Å². The maximum atomic E-state index is 9.61. The van der Waals surface area contributed by atoms with Crippen LogP contribution in [0.25, 0.3) is 0 Å². The van der Waals surface area contributed by atoms with Crippen molar-refractivity contribution in [2.75, 3.05) is 5.09 Å². The van der Waals surface area contributed by atoms with E-state index in [-0.39, 0.29) is 22.6 Å². The molecule has 2 unspecified atom stereocenters. The summed E-state index contributed by atoms with van der Waals surface area (Å²) in [7, 11) is 0. The van der Waals surface area contributed by atoms with Crippen molar-refractivity contribution in [2.45, 2.75) is 18.7 Å². The molecule has 0 aliphatic heterocycles. The molecule has 8 heteroatoms. The van der Waals surface area contributed by atoms with Crippen LogP contribution >= 0.6 is 18.2 Å². The van der Waals surface area contributed by atoms with Gasteiger partial charge in [0.2, 0.25) is 6.57 Å². The molecule has 0 aromatic heterocycles. The maximum Gasteiger partial charge on any atom is 0.218 e. The molecular weight excluding hydrogens is 283 g/mol. The predicted octanol–water partition coefficient (Wildman–Crippen LogP) is 1.85. The number of hydrogen-bond acceptors (Lipinski definition) is 3. The Morgan fingerprint density at radius 2 is 2.06 bits per heavy atom. The zero-order chi connectivity index (χ0) is 13.2. The Labute approximate surface area is 109 Å². The summed E-state index contributed by atoms with van der Waals surface area (Å²) in [6.07, 6.45) is 0.418. The second-order valence-electron chi connectivity index (χ2n) is 3.72. The third kappa shape index (κ3) is 4.69. The smallest absolute Gasteiger partial charge is 0.218 e. The van der Waals surface area contributed by atoms with Crippen LogP contribution in [0, 0.1) is 0 Å². The molecule has 0 radical (unpaired) electrons. The molecule has 6 N–H and O–H groups in total. The summed E-state index contributed by atoms with van der Waals surface area (Å²) in [4.78, 5) is 9.33. The summed E-state index contributed by atoms with van der Waals surface area (Å²) < 4.78 is 0. The van der Waals surface area contributed by atoms with Crippen molar-refractivity contribution in [2.24, 2.45) is 5.50 Å². The molecule has 0 bridgehead atoms. The second kappa shape index (κ2) is 5.42. The minimum absolute atomic E-state index is 0.0659. The normalized spacial score (nSPS) is 16.2. The van der Waals surface area contributed by atoms with E-state index in [1.165, 1.54) is 6.07 Å². The number of alkyl halides is 1. The minimum atomic E-state index is -3.18. The number of rotatable bonds is 4. The van der Waals surface area contributed by atoms with Gasteiger partial charge in [-0.05, 0) is 36.8 Å². The van der Waals surface area contributed by atoms with Gasteiger partial charge in [0.15, 0.2) is 0 Å². The van der Waals surface area contributed by atoms with E-state index in [9.17, 15) is 15.1 Å². The van der Waals surface area contributed by atoms with Gasteiger partial charge in [-0.25, -0.2) is 0 Å². The van der Waals surface area contributed by atoms with E-state index >= 15 is 0 Å². The van der Waals surface area contributed by atoms with Crippen LogP contribution in [0.4, 0.5) is 5.69 Å². The Hall–Kier alpha value is -0.520. The number of hydrogen-bond donors (Lipinski definition) is 5. The number of nitrogens with one attached hydrogen (secondary N) is 1. The molecule has 1 rings (SSSR count). The topological polar surface area (TPSA) is 98.7 Å². The first-order chi connectivity index (χ1) is 7.69. The lowest BCUT2D eigenvalue weighted by atomic mass is 10.1. The fourth-order valence-corrected chi connectivity index (χ4v) is 2.34. The Balaban J connectivity index is 3.10. The minimum Gasteiger partial charge on any atom is -0.508 e. The highest BCUT2D eigenvalue weighted by Crippen LogP contribution is 2.39. The summed E-state index contributed by atoms with van der Waals surface area (Å²) in [5.74, 6) is -0.300. The summed E-state index contributed by atoms with van der Waals surface area (Å²) in [5, 5.41) is 21.4. The zero-order valence-electron chi connectivity index (χ0n) is 9.09. The first-order valence-corrected chi connectivity index (χ1v) is 8.03. The molecule has 0 saturated heterocycles. The molecule has 0 aliphatic carbocycles. The Kier molecular flexibility index (Phi) is 4.63. The molecule has 0 amide bonds. The lowest BCUT2D eigenvalue weighted by Crippen LogP contribution is -2.05. The van der Waals surface area contributed by atoms with Crippen molar-refractivity contribution in [1.29, 1.82) is 0 Å². The Morgan fingerprint density at radius 3 is 2.53 bits per heavy atom. The standard InChI is InChI=1S/C9H14ClN2O3PS/c1-5(10)2-6-3-7(12-16(11,15)17)9(14)4-8(6)13/h3-5,13-14H,2H2,1H3,(H4,11,12,15,17). The maximum absolute atomic E-state index is 9.61. The number of phenols is 2. The monoisotopic (exact) mass is 296 g/mol. The molecule has 0 heterocycles. The van der Waals surface area contributed by atoms with Gasteiger partial charge in [0, 0.05) is 11.4 Å². The molecule has 1 aromatic carbocycles. The molecular formula is C9H14ClN2O3PS. The number of nitrogens with two attached hydrogens (primary N) is 1. The number of benzene rings is 1. The van der Waals surface area contributed by atoms with Crippen LogP contribution in [0.3, 0.4) is 0 Å². The molecule has 0 saturated carbocycles. The van der Waals surface area contributed by atoms with Gasteiger partial charge in [0.1, 0.15) is 11.5 Å². The molecule has 2 atom stereocenters. The Bertz CT molecular complexity index is 464. The van der Waals surface area contributed by atoms with Gasteiger partial charge in [-0.2, -0.15) is 0 Å². The highest BCUT2D eigenvalue weighted by Gasteiger charge is 2.14. The van der Waals surface area contributed by atoms with Crippen molar-refractivity contribution in [3.63, 3.8) is 0 Å². The van der Waals surface area contributed by atoms with E-state index in [2.05, 4.69) is 16.9 Å². The van der Waals surface area contributed by atoms with Crippen LogP contribution < -0.4 is 10.6 Å². The SMILES string of the molecule is CC(Cl)Cc1cc(NP(N)(O)=S)c(O)cc1O. The second-order valence-corrected chi connectivity index (χ2v) is 7.60. The predicted molar refractivity (Wildman–Crippen MR) is 73.1 cm³/mol. The van der Waals surface area contributed by atoms with E-state index in [4.69, 9.17) is 17.1 Å². The van der Waals surface area contributed by atoms with Gasteiger partial charge >= 0.3 is 0 Å². The first-order valence-electron chi connectivity index (χ1n) is 4.77. The number of phenolic OH excluding ortho intramolecular Hbond substituents is 2. The van der Waals surface area contributed by atoms with Gasteiger partial charge in [-0.15, -0.1) is 11.6 Å². The zero-order valence-corrected chi connectivity index (χ0v) is 11.6. The molecule has 1 aromatic rings. The molecule has 96 valence electrons. The first kappa shape index (κ1) is 14.5. The van der Waals surface area contributed by atoms with E-state index in [0.29, 0.717) is 12.0 Å². The van der Waals surface area contributed by atoms with E-state index < -0.39 is 6.57 Å². The van der Waals surface area contributed by atoms with Crippen LogP contribution in [0.15, 0.2) is 12.1 Å². The summed E-state index contributed by atoms with van der Waals surface area (Å²) in [5.41, 5.74) is 6.02. The van der Waals surface area contributed by atoms with E-state index in [1.807, 2.05) is 0 Å². The fourth-order valence-electron chi connectivity index (χ4n) is 1.35. The van der Waals surface area contributed by atoms with Crippen molar-refractivity contribution in [3.8, 4) is 11.5 Å². The van der Waals surface area contributed by atoms with Crippen molar-refractivity contribution >= 4 is 35.7 Å². The number of halogens is 1. The fraction of sp³-hybridized carbons (Fsp3) is 0.333. The van der Waals surface area contributed by atoms with Gasteiger partial charge in [0.05, 0.1) is 5.69 Å². The molecule has 5 nitrogen and oxygen atoms in total. The summed E-state index contributed by atoms with van der Waals surface area (Å²) in [6, 6.07) is 2.62. The number of aromatic hydroxyl groups is 2. The molecule has 0 fully saturated rings. The Morgan fingerprint density at radius 1 is 1.47 bits per heavy atom. The average Bonchev–Trinajstić information content (AvgIpc) is 2.10. The van der Waals surface area contributed by atoms with Crippen LogP contribution in [0.5, 0.6) is 11.5 Å². The molecule has 0 aliphatic rings. The van der Waals surface area contributed by atoms with Gasteiger partial charge in [-0.1, -0.05) is 0 Å². The molecule has 17 heavy (non-hydrogen) atoms. The van der Waals surface area contributed by atoms with Crippen LogP contribution in [0.1, 0.15) is 12.5 Å². The van der Waals surface area contributed by atoms with E-state index in [1.54, 1.807) is 6.92 Å². The lowest BCUT2D eigenvalue weighted by Gasteiger charge is -2.16. The van der Waals surface area contributed by atoms with Gasteiger partial charge in [0.25, 0.3) is 0 Å². The average molecular weight is 297 g/mol. The van der Waals surface area contributed by atoms with E-state index in [0.717, 1.165) is 6.07 Å². The lowest BCUT2D eigenvalue weighted by molar-refractivity contribution is 0.447. The van der Waals surface area contributed by atoms with Crippen molar-refractivity contribution < 1.29 is 15.1 Å². The highest BCUT2D eigenvalue weighted by molar-refractivity contribution is 8.11. The summed E-state index contributed by atoms with van der Waals surface area (Å²) >= 11 is 10.5. The highest BCUT2D eigenvalue weighted by atomic mass is 35.5. The van der Waals surface area contributed by atoms with Gasteiger partial charge in [-0.3, -0.25) is 5.50 Å². The van der Waals surface area contributed by atoms with Crippen LogP contribution in [-0.4, -0.2) is 20.5 Å². The van der Waals surface area contributed by atoms with Crippen LogP contribution in [0.2, 0.25) is 0 Å². The van der Waals surface area contributed by atoms with Crippen molar-refractivity contribution in [1.82, 2.24) is 0 Å². The summed E-state index contributed by atoms with van der Waals surface area (Å²) in [6.45, 7) is -1.40. The largest absolute Gasteiger partial charge is 0.508 e. The third-order valence-corrected chi connectivity index (χ3v) is 2.97. The number of anilines is 1. The van der Waals surface area contributed by atoms with Crippen molar-refractivity contribution in [3.05, 3.63) is 17.7 Å². The molecule has 0 spiro atoms. The third-order valence-electron chi connectivity index (χ3n) is 1.98. The van der Waals surface area contributed by atoms with Gasteiger partial charge < -0.3 is 20.2 Å². The quantitative estimate of drug-likeness (QED) is 0.252.